The molecule has 0 radical (unpaired) electrons. The number of nitrogens with one attached hydrogen (secondary N) is 2. The smallest absolute Gasteiger partial charge is 0.337 e. The van der Waals surface area contributed by atoms with Gasteiger partial charge < -0.3 is 29.0 Å². The first-order valence-corrected chi connectivity index (χ1v) is 8.40. The van der Waals surface area contributed by atoms with Crippen molar-refractivity contribution in [3.63, 3.8) is 0 Å². The van der Waals surface area contributed by atoms with Gasteiger partial charge >= 0.3 is 5.97 Å². The predicted octanol–water partition coefficient (Wildman–Crippen LogP) is 1.83. The number of carbonyl (C=O) groups excluding carboxylic acids is 1. The average Bonchev–Trinajstić information content (AvgIpc) is 3.39. The first-order chi connectivity index (χ1) is 13.1. The molecular weight excluding hydrogens is 354 g/mol. The zero-order chi connectivity index (χ0) is 18.7. The SMILES string of the molecule is COc1cc(C2C3=C(COC3=O)Nc3n[nH]c(C)c32)c(OC)c2c1OCO2. The molecule has 9 heteroatoms. The molecule has 0 saturated heterocycles. The molecule has 0 fully saturated rings. The van der Waals surface area contributed by atoms with Gasteiger partial charge in [-0.05, 0) is 13.0 Å². The average molecular weight is 371 g/mol. The standard InChI is InChI=1S/C18H17N3O6/c1-7-11-12(13-9(5-25-18(13)22)19-17(11)21-20-7)8-4-10(23-2)15-16(14(8)24-3)27-6-26-15/h4,12H,5-6H2,1-3H3,(H2,19,20,21). The highest BCUT2D eigenvalue weighted by Gasteiger charge is 2.43. The second-order valence-corrected chi connectivity index (χ2v) is 6.40. The number of rotatable bonds is 3. The summed E-state index contributed by atoms with van der Waals surface area (Å²) in [5.74, 6) is 1.80. The zero-order valence-electron chi connectivity index (χ0n) is 15.0. The zero-order valence-corrected chi connectivity index (χ0v) is 15.0. The number of methoxy groups -OCH3 is 2. The van der Waals surface area contributed by atoms with Crippen molar-refractivity contribution >= 4 is 11.8 Å². The lowest BCUT2D eigenvalue weighted by Crippen LogP contribution is -2.20. The van der Waals surface area contributed by atoms with Gasteiger partial charge in [-0.3, -0.25) is 5.10 Å². The van der Waals surface area contributed by atoms with Gasteiger partial charge in [0.15, 0.2) is 17.3 Å². The lowest BCUT2D eigenvalue weighted by molar-refractivity contribution is -0.136. The Balaban J connectivity index is 1.81. The molecule has 0 spiro atoms. The molecule has 0 aliphatic carbocycles. The molecular formula is C18H17N3O6. The molecule has 4 heterocycles. The van der Waals surface area contributed by atoms with E-state index in [1.165, 1.54) is 0 Å². The number of aryl methyl sites for hydroxylation is 1. The van der Waals surface area contributed by atoms with Gasteiger partial charge in [0, 0.05) is 16.8 Å². The molecule has 3 aliphatic heterocycles. The normalized spacial score (nSPS) is 19.4. The van der Waals surface area contributed by atoms with E-state index in [9.17, 15) is 4.79 Å². The number of carbonyl (C=O) groups is 1. The monoisotopic (exact) mass is 371 g/mol. The third kappa shape index (κ3) is 2.05. The van der Waals surface area contributed by atoms with E-state index in [0.717, 1.165) is 16.8 Å². The van der Waals surface area contributed by atoms with E-state index in [1.54, 1.807) is 14.2 Å². The van der Waals surface area contributed by atoms with Gasteiger partial charge in [0.05, 0.1) is 31.4 Å². The number of benzene rings is 1. The number of ether oxygens (including phenoxy) is 5. The summed E-state index contributed by atoms with van der Waals surface area (Å²) in [6.45, 7) is 2.16. The molecule has 1 aromatic carbocycles. The maximum Gasteiger partial charge on any atom is 0.337 e. The summed E-state index contributed by atoms with van der Waals surface area (Å²) >= 11 is 0. The van der Waals surface area contributed by atoms with Crippen molar-refractivity contribution in [3.05, 3.63) is 34.2 Å². The van der Waals surface area contributed by atoms with E-state index in [0.29, 0.717) is 40.1 Å². The van der Waals surface area contributed by atoms with E-state index >= 15 is 0 Å². The van der Waals surface area contributed by atoms with Crippen molar-refractivity contribution in [2.75, 3.05) is 32.9 Å². The number of anilines is 1. The Hall–Kier alpha value is -3.36. The number of hydrogen-bond donors (Lipinski definition) is 2. The van der Waals surface area contributed by atoms with Crippen LogP contribution < -0.4 is 24.3 Å². The molecule has 0 bridgehead atoms. The fourth-order valence-electron chi connectivity index (χ4n) is 3.91. The summed E-state index contributed by atoms with van der Waals surface area (Å²) in [7, 11) is 3.11. The summed E-state index contributed by atoms with van der Waals surface area (Å²) in [4.78, 5) is 12.5. The first-order valence-electron chi connectivity index (χ1n) is 8.40. The molecule has 1 unspecified atom stereocenters. The molecule has 1 atom stereocenters. The van der Waals surface area contributed by atoms with E-state index < -0.39 is 5.92 Å². The lowest BCUT2D eigenvalue weighted by atomic mass is 9.81. The Kier molecular flexibility index (Phi) is 3.27. The van der Waals surface area contributed by atoms with Crippen LogP contribution in [0.5, 0.6) is 23.0 Å². The molecule has 3 aliphatic rings. The van der Waals surface area contributed by atoms with Crippen LogP contribution in [-0.2, 0) is 9.53 Å². The number of H-pyrrole nitrogens is 1. The number of aromatic amines is 1. The van der Waals surface area contributed by atoms with E-state index in [4.69, 9.17) is 23.7 Å². The van der Waals surface area contributed by atoms with Crippen LogP contribution in [0.25, 0.3) is 0 Å². The molecule has 1 aromatic heterocycles. The lowest BCUT2D eigenvalue weighted by Gasteiger charge is -2.26. The van der Waals surface area contributed by atoms with Gasteiger partial charge in [0.1, 0.15) is 6.61 Å². The molecule has 140 valence electrons. The minimum absolute atomic E-state index is 0.0731. The maximum atomic E-state index is 12.5. The van der Waals surface area contributed by atoms with Gasteiger partial charge in [-0.25, -0.2) is 4.79 Å². The van der Waals surface area contributed by atoms with Crippen LogP contribution in [0.4, 0.5) is 5.82 Å². The summed E-state index contributed by atoms with van der Waals surface area (Å²) in [6.07, 6.45) is 0. The van der Waals surface area contributed by atoms with Gasteiger partial charge in [0.25, 0.3) is 0 Å². The number of esters is 1. The summed E-state index contributed by atoms with van der Waals surface area (Å²) < 4.78 is 27.6. The number of nitrogens with zero attached hydrogens (tertiary/aromatic N) is 1. The predicted molar refractivity (Wildman–Crippen MR) is 92.4 cm³/mol. The molecule has 2 N–H and O–H groups in total. The highest BCUT2D eigenvalue weighted by atomic mass is 16.7. The van der Waals surface area contributed by atoms with Crippen molar-refractivity contribution < 1.29 is 28.5 Å². The van der Waals surface area contributed by atoms with Gasteiger partial charge in [0.2, 0.25) is 18.3 Å². The quantitative estimate of drug-likeness (QED) is 0.788. The van der Waals surface area contributed by atoms with Crippen LogP contribution >= 0.6 is 0 Å². The molecule has 0 saturated carbocycles. The molecule has 2 aromatic rings. The first kappa shape index (κ1) is 15.9. The van der Waals surface area contributed by atoms with Crippen LogP contribution in [0, 0.1) is 6.92 Å². The van der Waals surface area contributed by atoms with Crippen LogP contribution in [0.15, 0.2) is 17.3 Å². The van der Waals surface area contributed by atoms with Crippen molar-refractivity contribution in [3.8, 4) is 23.0 Å². The third-order valence-corrected chi connectivity index (χ3v) is 5.06. The minimum Gasteiger partial charge on any atom is -0.493 e. The van der Waals surface area contributed by atoms with Crippen molar-refractivity contribution in [1.29, 1.82) is 0 Å². The second-order valence-electron chi connectivity index (χ2n) is 6.40. The van der Waals surface area contributed by atoms with Gasteiger partial charge in [-0.1, -0.05) is 0 Å². The Morgan fingerprint density at radius 2 is 2.00 bits per heavy atom. The summed E-state index contributed by atoms with van der Waals surface area (Å²) in [5, 5.41) is 10.5. The van der Waals surface area contributed by atoms with E-state index in [-0.39, 0.29) is 19.4 Å². The number of hydrogen-bond acceptors (Lipinski definition) is 8. The fourth-order valence-corrected chi connectivity index (χ4v) is 3.91. The Labute approximate surface area is 154 Å². The number of cyclic esters (lactones) is 1. The van der Waals surface area contributed by atoms with E-state index in [1.807, 2.05) is 13.0 Å². The fraction of sp³-hybridized carbons (Fsp3) is 0.333. The van der Waals surface area contributed by atoms with Crippen LogP contribution in [0.1, 0.15) is 22.7 Å². The number of fused-ring (bicyclic) bond motifs is 2. The largest absolute Gasteiger partial charge is 0.493 e. The summed E-state index contributed by atoms with van der Waals surface area (Å²) in [5.41, 5.74) is 3.64. The molecule has 9 nitrogen and oxygen atoms in total. The van der Waals surface area contributed by atoms with Crippen molar-refractivity contribution in [1.82, 2.24) is 10.2 Å². The van der Waals surface area contributed by atoms with E-state index in [2.05, 4.69) is 15.5 Å². The Morgan fingerprint density at radius 3 is 2.78 bits per heavy atom. The van der Waals surface area contributed by atoms with Crippen molar-refractivity contribution in [2.45, 2.75) is 12.8 Å². The number of aromatic nitrogens is 2. The van der Waals surface area contributed by atoms with Crippen LogP contribution in [0.3, 0.4) is 0 Å². The molecule has 5 rings (SSSR count). The molecule has 27 heavy (non-hydrogen) atoms. The second kappa shape index (κ2) is 5.57. The molecule has 0 amide bonds. The summed E-state index contributed by atoms with van der Waals surface area (Å²) in [6, 6.07) is 1.81. The van der Waals surface area contributed by atoms with Crippen molar-refractivity contribution in [2.24, 2.45) is 0 Å². The minimum atomic E-state index is -0.441. The van der Waals surface area contributed by atoms with Gasteiger partial charge in [-0.15, -0.1) is 0 Å². The van der Waals surface area contributed by atoms with Crippen LogP contribution in [-0.4, -0.2) is 43.8 Å². The highest BCUT2D eigenvalue weighted by Crippen LogP contribution is 2.55. The maximum absolute atomic E-state index is 12.5. The van der Waals surface area contributed by atoms with Gasteiger partial charge in [-0.2, -0.15) is 5.10 Å². The topological polar surface area (TPSA) is 104 Å². The Bertz CT molecular complexity index is 1010. The third-order valence-electron chi connectivity index (χ3n) is 5.06. The highest BCUT2D eigenvalue weighted by molar-refractivity contribution is 5.97. The van der Waals surface area contributed by atoms with Crippen LogP contribution in [0.2, 0.25) is 0 Å². The Morgan fingerprint density at radius 1 is 1.19 bits per heavy atom.